The Morgan fingerprint density at radius 2 is 2.20 bits per heavy atom. The second kappa shape index (κ2) is 7.90. The molecule has 0 bridgehead atoms. The maximum absolute atomic E-state index is 13.4. The zero-order chi connectivity index (χ0) is 21.5. The van der Waals surface area contributed by atoms with E-state index in [1.54, 1.807) is 0 Å². The maximum Gasteiger partial charge on any atom is 0.280 e. The van der Waals surface area contributed by atoms with Gasteiger partial charge < -0.3 is 10.1 Å². The van der Waals surface area contributed by atoms with Gasteiger partial charge in [0, 0.05) is 20.0 Å². The highest BCUT2D eigenvalue weighted by molar-refractivity contribution is 7.91. The Hall–Kier alpha value is -2.62. The minimum atomic E-state index is -3.93. The Labute approximate surface area is 172 Å². The summed E-state index contributed by atoms with van der Waals surface area (Å²) in [5.74, 6) is -0.404. The first kappa shape index (κ1) is 20.6. The summed E-state index contributed by atoms with van der Waals surface area (Å²) in [7, 11) is -3.93. The molecule has 30 heavy (non-hydrogen) atoms. The van der Waals surface area contributed by atoms with Crippen LogP contribution >= 0.6 is 11.3 Å². The molecule has 4 heterocycles. The molecule has 3 aromatic heterocycles. The van der Waals surface area contributed by atoms with Gasteiger partial charge in [-0.3, -0.25) is 4.79 Å². The fourth-order valence-corrected chi connectivity index (χ4v) is 5.57. The first-order chi connectivity index (χ1) is 14.3. The number of amides is 1. The summed E-state index contributed by atoms with van der Waals surface area (Å²) in [6, 6.07) is 1.13. The van der Waals surface area contributed by atoms with Crippen LogP contribution in [0.2, 0.25) is 0 Å². The average molecular weight is 459 g/mol. The molecule has 1 atom stereocenters. The lowest BCUT2D eigenvalue weighted by atomic mass is 10.2. The molecule has 15 heteroatoms. The summed E-state index contributed by atoms with van der Waals surface area (Å²) in [6.45, 7) is 1.27. The van der Waals surface area contributed by atoms with Gasteiger partial charge in [0.2, 0.25) is 5.91 Å². The van der Waals surface area contributed by atoms with Crippen LogP contribution in [0.5, 0.6) is 0 Å². The number of carbonyl (C=O) groups is 1. The lowest BCUT2D eigenvalue weighted by molar-refractivity contribution is -0.114. The van der Waals surface area contributed by atoms with Crippen LogP contribution in [0.4, 0.5) is 13.9 Å². The topological polar surface area (TPSA) is 132 Å². The number of hydrogen-bond acceptors (Lipinski definition) is 9. The monoisotopic (exact) mass is 459 g/mol. The summed E-state index contributed by atoms with van der Waals surface area (Å²) < 4.78 is 60.4. The Bertz CT molecular complexity index is 1200. The number of nitrogens with one attached hydrogen (secondary N) is 1. The highest BCUT2D eigenvalue weighted by Crippen LogP contribution is 2.31. The lowest BCUT2D eigenvalue weighted by Gasteiger charge is -2.31. The summed E-state index contributed by atoms with van der Waals surface area (Å²) in [5.41, 5.74) is -0.285. The Morgan fingerprint density at radius 3 is 2.93 bits per heavy atom. The molecule has 1 N–H and O–H groups in total. The van der Waals surface area contributed by atoms with Gasteiger partial charge in [-0.1, -0.05) is 11.3 Å². The van der Waals surface area contributed by atoms with Gasteiger partial charge in [-0.15, -0.1) is 0 Å². The van der Waals surface area contributed by atoms with E-state index in [2.05, 4.69) is 25.4 Å². The van der Waals surface area contributed by atoms with Crippen molar-refractivity contribution in [2.24, 2.45) is 0 Å². The number of hydrogen-bond donors (Lipinski definition) is 1. The molecule has 4 rings (SSSR count). The lowest BCUT2D eigenvalue weighted by Crippen LogP contribution is -2.42. The van der Waals surface area contributed by atoms with Gasteiger partial charge in [0.05, 0.1) is 18.5 Å². The molecule has 0 spiro atoms. The standard InChI is InChI=1S/C15H15F2N7O4S2/c1-8(25)21-15-18-5-12(29-15)30(26,27)23-2-3-28-11(6-23)9-4-10(13(16)17)24-14(22-9)19-7-20-24/h4-5,7,11,13H,2-3,6H2,1H3,(H,18,21,25). The minimum Gasteiger partial charge on any atom is -0.369 e. The van der Waals surface area contributed by atoms with Gasteiger partial charge in [-0.2, -0.15) is 18.9 Å². The molecule has 0 aliphatic carbocycles. The van der Waals surface area contributed by atoms with Crippen LogP contribution < -0.4 is 5.32 Å². The molecule has 11 nitrogen and oxygen atoms in total. The van der Waals surface area contributed by atoms with Crippen LogP contribution in [0, 0.1) is 0 Å². The molecule has 0 radical (unpaired) electrons. The van der Waals surface area contributed by atoms with Crippen molar-refractivity contribution >= 4 is 38.2 Å². The molecule has 1 aliphatic heterocycles. The molecule has 160 valence electrons. The van der Waals surface area contributed by atoms with Crippen molar-refractivity contribution in [3.8, 4) is 0 Å². The number of thiazole rings is 1. The van der Waals surface area contributed by atoms with Gasteiger partial charge in [0.15, 0.2) is 9.34 Å². The number of morpholine rings is 1. The second-order valence-corrected chi connectivity index (χ2v) is 9.46. The molecule has 0 aromatic carbocycles. The normalized spacial score (nSPS) is 18.2. The Balaban J connectivity index is 1.61. The number of nitrogens with zero attached hydrogens (tertiary/aromatic N) is 6. The highest BCUT2D eigenvalue weighted by Gasteiger charge is 2.34. The minimum absolute atomic E-state index is 0.0335. The number of sulfonamides is 1. The van der Waals surface area contributed by atoms with E-state index in [0.717, 1.165) is 34.4 Å². The number of aromatic nitrogens is 5. The molecule has 1 unspecified atom stereocenters. The molecular formula is C15H15F2N7O4S2. The van der Waals surface area contributed by atoms with E-state index in [4.69, 9.17) is 4.74 Å². The number of carbonyl (C=O) groups excluding carboxylic acids is 1. The SMILES string of the molecule is CC(=O)Nc1ncc(S(=O)(=O)N2CCOC(c3cc(C(F)F)n4ncnc4n3)C2)s1. The molecule has 1 fully saturated rings. The van der Waals surface area contributed by atoms with Crippen LogP contribution in [-0.4, -0.2) is 62.9 Å². The third-order valence-corrected chi connectivity index (χ3v) is 7.46. The van der Waals surface area contributed by atoms with E-state index in [-0.39, 0.29) is 46.4 Å². The third-order valence-electron chi connectivity index (χ3n) is 4.24. The smallest absolute Gasteiger partial charge is 0.280 e. The van der Waals surface area contributed by atoms with E-state index in [9.17, 15) is 22.0 Å². The van der Waals surface area contributed by atoms with Crippen molar-refractivity contribution < 1.29 is 26.7 Å². The molecule has 1 amide bonds. The second-order valence-electron chi connectivity index (χ2n) is 6.27. The Morgan fingerprint density at radius 1 is 1.40 bits per heavy atom. The summed E-state index contributed by atoms with van der Waals surface area (Å²) in [4.78, 5) is 23.0. The van der Waals surface area contributed by atoms with Crippen molar-refractivity contribution in [2.75, 3.05) is 25.0 Å². The largest absolute Gasteiger partial charge is 0.369 e. The van der Waals surface area contributed by atoms with Gasteiger partial charge in [-0.05, 0) is 6.07 Å². The van der Waals surface area contributed by atoms with E-state index < -0.39 is 28.2 Å². The Kier molecular flexibility index (Phi) is 5.44. The summed E-state index contributed by atoms with van der Waals surface area (Å²) in [5, 5.41) is 6.31. The van der Waals surface area contributed by atoms with E-state index in [1.807, 2.05) is 0 Å². The number of halogens is 2. The fraction of sp³-hybridized carbons (Fsp3) is 0.400. The van der Waals surface area contributed by atoms with E-state index >= 15 is 0 Å². The van der Waals surface area contributed by atoms with E-state index in [0.29, 0.717) is 0 Å². The number of anilines is 1. The van der Waals surface area contributed by atoms with Crippen LogP contribution in [0.25, 0.3) is 5.78 Å². The van der Waals surface area contributed by atoms with Crippen molar-refractivity contribution in [3.05, 3.63) is 30.0 Å². The quantitative estimate of drug-likeness (QED) is 0.603. The summed E-state index contributed by atoms with van der Waals surface area (Å²) in [6.07, 6.45) is -1.43. The van der Waals surface area contributed by atoms with Crippen LogP contribution in [0.1, 0.15) is 30.8 Å². The predicted octanol–water partition coefficient (Wildman–Crippen LogP) is 1.24. The number of ether oxygens (including phenoxy) is 1. The van der Waals surface area contributed by atoms with Crippen molar-refractivity contribution in [1.29, 1.82) is 0 Å². The first-order valence-corrected chi connectivity index (χ1v) is 10.9. The predicted molar refractivity (Wildman–Crippen MR) is 99.6 cm³/mol. The molecule has 3 aromatic rings. The van der Waals surface area contributed by atoms with Crippen molar-refractivity contribution in [3.63, 3.8) is 0 Å². The third kappa shape index (κ3) is 3.88. The molecule has 0 saturated carbocycles. The molecule has 1 saturated heterocycles. The number of alkyl halides is 2. The highest BCUT2D eigenvalue weighted by atomic mass is 32.2. The first-order valence-electron chi connectivity index (χ1n) is 8.59. The molecule has 1 aliphatic rings. The zero-order valence-electron chi connectivity index (χ0n) is 15.4. The van der Waals surface area contributed by atoms with Gasteiger partial charge in [-0.25, -0.2) is 27.2 Å². The van der Waals surface area contributed by atoms with Crippen molar-refractivity contribution in [1.82, 2.24) is 28.9 Å². The average Bonchev–Trinajstić information content (AvgIpc) is 3.36. The summed E-state index contributed by atoms with van der Waals surface area (Å²) >= 11 is 0.818. The van der Waals surface area contributed by atoms with Gasteiger partial charge in [0.25, 0.3) is 22.2 Å². The van der Waals surface area contributed by atoms with Gasteiger partial charge >= 0.3 is 0 Å². The van der Waals surface area contributed by atoms with Crippen LogP contribution in [-0.2, 0) is 19.6 Å². The van der Waals surface area contributed by atoms with E-state index in [1.165, 1.54) is 11.2 Å². The number of rotatable bonds is 5. The molecular weight excluding hydrogens is 444 g/mol. The zero-order valence-corrected chi connectivity index (χ0v) is 17.0. The number of fused-ring (bicyclic) bond motifs is 1. The maximum atomic E-state index is 13.4. The van der Waals surface area contributed by atoms with Crippen LogP contribution in [0.3, 0.4) is 0 Å². The van der Waals surface area contributed by atoms with Gasteiger partial charge in [0.1, 0.15) is 18.1 Å². The fourth-order valence-electron chi connectivity index (χ4n) is 2.91. The van der Waals surface area contributed by atoms with Crippen molar-refractivity contribution in [2.45, 2.75) is 23.7 Å². The van der Waals surface area contributed by atoms with Crippen LogP contribution in [0.15, 0.2) is 22.8 Å².